The molecule has 0 bridgehead atoms. The van der Waals surface area contributed by atoms with Gasteiger partial charge in [0.25, 0.3) is 5.91 Å². The Morgan fingerprint density at radius 1 is 1.15 bits per heavy atom. The van der Waals surface area contributed by atoms with E-state index in [9.17, 15) is 9.59 Å². The quantitative estimate of drug-likeness (QED) is 0.526. The SMILES string of the molecule is CCCCOc1ccc(C2CC3C(=O)N(CC(=O)NCc4cccc(OC)c4)C=CN3N2)cc1. The van der Waals surface area contributed by atoms with Crippen molar-refractivity contribution in [3.63, 3.8) is 0 Å². The molecule has 0 radical (unpaired) electrons. The molecule has 8 heteroatoms. The average Bonchev–Trinajstić information content (AvgIpc) is 3.30. The van der Waals surface area contributed by atoms with Gasteiger partial charge in [-0.25, -0.2) is 5.43 Å². The van der Waals surface area contributed by atoms with Crippen LogP contribution in [-0.2, 0) is 16.1 Å². The lowest BCUT2D eigenvalue weighted by Crippen LogP contribution is -2.50. The molecule has 0 aromatic heterocycles. The standard InChI is InChI=1S/C26H32N4O4/c1-3-4-14-34-21-10-8-20(9-11-21)23-16-24-26(32)29(12-13-30(24)28-23)18-25(31)27-17-19-6-5-7-22(15-19)33-2/h5-13,15,23-24,28H,3-4,14,16-18H2,1-2H3,(H,27,31). The Labute approximate surface area is 200 Å². The first-order valence-corrected chi connectivity index (χ1v) is 11.7. The van der Waals surface area contributed by atoms with E-state index in [1.165, 1.54) is 4.90 Å². The maximum atomic E-state index is 13.1. The van der Waals surface area contributed by atoms with E-state index in [1.54, 1.807) is 13.3 Å². The summed E-state index contributed by atoms with van der Waals surface area (Å²) in [4.78, 5) is 27.0. The van der Waals surface area contributed by atoms with E-state index in [-0.39, 0.29) is 30.4 Å². The Kier molecular flexibility index (Phi) is 7.69. The first-order valence-electron chi connectivity index (χ1n) is 11.7. The van der Waals surface area contributed by atoms with E-state index < -0.39 is 0 Å². The van der Waals surface area contributed by atoms with Crippen molar-refractivity contribution in [2.45, 2.75) is 44.8 Å². The van der Waals surface area contributed by atoms with Crippen molar-refractivity contribution < 1.29 is 19.1 Å². The normalized spacial score (nSPS) is 19.2. The number of hydrogen-bond acceptors (Lipinski definition) is 6. The maximum absolute atomic E-state index is 13.1. The number of benzene rings is 2. The molecular formula is C26H32N4O4. The lowest BCUT2D eigenvalue weighted by Gasteiger charge is -2.31. The summed E-state index contributed by atoms with van der Waals surface area (Å²) in [6.07, 6.45) is 6.24. The van der Waals surface area contributed by atoms with Crippen LogP contribution in [0.15, 0.2) is 60.9 Å². The second kappa shape index (κ2) is 11.1. The van der Waals surface area contributed by atoms with Gasteiger partial charge in [-0.05, 0) is 48.2 Å². The Morgan fingerprint density at radius 3 is 2.74 bits per heavy atom. The summed E-state index contributed by atoms with van der Waals surface area (Å²) < 4.78 is 11.0. The van der Waals surface area contributed by atoms with E-state index in [0.717, 1.165) is 42.1 Å². The summed E-state index contributed by atoms with van der Waals surface area (Å²) in [5, 5.41) is 4.71. The minimum absolute atomic E-state index is 0.0158. The van der Waals surface area contributed by atoms with E-state index in [2.05, 4.69) is 17.7 Å². The van der Waals surface area contributed by atoms with Crippen molar-refractivity contribution in [2.75, 3.05) is 20.3 Å². The third kappa shape index (κ3) is 5.69. The number of fused-ring (bicyclic) bond motifs is 1. The summed E-state index contributed by atoms with van der Waals surface area (Å²) >= 11 is 0. The minimum Gasteiger partial charge on any atom is -0.497 e. The molecule has 2 amide bonds. The molecule has 2 aliphatic heterocycles. The van der Waals surface area contributed by atoms with Crippen LogP contribution in [0.4, 0.5) is 0 Å². The van der Waals surface area contributed by atoms with Gasteiger partial charge in [0.2, 0.25) is 5.91 Å². The zero-order valence-corrected chi connectivity index (χ0v) is 19.7. The predicted octanol–water partition coefficient (Wildman–Crippen LogP) is 3.12. The summed E-state index contributed by atoms with van der Waals surface area (Å²) in [6, 6.07) is 15.2. The van der Waals surface area contributed by atoms with Crippen molar-refractivity contribution in [2.24, 2.45) is 0 Å². The van der Waals surface area contributed by atoms with Gasteiger partial charge < -0.3 is 24.7 Å². The smallest absolute Gasteiger partial charge is 0.251 e. The highest BCUT2D eigenvalue weighted by molar-refractivity contribution is 5.89. The van der Waals surface area contributed by atoms with Crippen LogP contribution in [0.1, 0.15) is 43.4 Å². The number of carbonyl (C=O) groups is 2. The van der Waals surface area contributed by atoms with Crippen molar-refractivity contribution >= 4 is 11.8 Å². The molecular weight excluding hydrogens is 432 g/mol. The topological polar surface area (TPSA) is 83.1 Å². The van der Waals surface area contributed by atoms with Crippen molar-refractivity contribution in [3.8, 4) is 11.5 Å². The monoisotopic (exact) mass is 464 g/mol. The number of nitrogens with zero attached hydrogens (tertiary/aromatic N) is 2. The first-order chi connectivity index (χ1) is 16.6. The molecule has 2 aliphatic rings. The third-order valence-electron chi connectivity index (χ3n) is 6.06. The van der Waals surface area contributed by atoms with Crippen LogP contribution in [0.25, 0.3) is 0 Å². The molecule has 2 N–H and O–H groups in total. The van der Waals surface area contributed by atoms with Crippen LogP contribution < -0.4 is 20.2 Å². The van der Waals surface area contributed by atoms with E-state index in [1.807, 2.05) is 59.7 Å². The minimum atomic E-state index is -0.346. The number of nitrogens with one attached hydrogen (secondary N) is 2. The van der Waals surface area contributed by atoms with Crippen LogP contribution in [0.3, 0.4) is 0 Å². The number of unbranched alkanes of at least 4 members (excludes halogenated alkanes) is 1. The van der Waals surface area contributed by atoms with E-state index in [4.69, 9.17) is 9.47 Å². The summed E-state index contributed by atoms with van der Waals surface area (Å²) in [6.45, 7) is 3.21. The number of hydrazine groups is 1. The number of methoxy groups -OCH3 is 1. The predicted molar refractivity (Wildman–Crippen MR) is 129 cm³/mol. The summed E-state index contributed by atoms with van der Waals surface area (Å²) in [5.74, 6) is 1.29. The molecule has 34 heavy (non-hydrogen) atoms. The first kappa shape index (κ1) is 23.6. The Bertz CT molecular complexity index is 1020. The van der Waals surface area contributed by atoms with Crippen LogP contribution in [0.5, 0.6) is 11.5 Å². The Hall–Kier alpha value is -3.52. The van der Waals surface area contributed by atoms with Gasteiger partial charge in [-0.3, -0.25) is 9.59 Å². The fourth-order valence-electron chi connectivity index (χ4n) is 4.11. The van der Waals surface area contributed by atoms with Gasteiger partial charge in [0.05, 0.1) is 19.8 Å². The van der Waals surface area contributed by atoms with Crippen molar-refractivity contribution in [1.29, 1.82) is 0 Å². The second-order valence-electron chi connectivity index (χ2n) is 8.50. The zero-order chi connectivity index (χ0) is 23.9. The second-order valence-corrected chi connectivity index (χ2v) is 8.50. The molecule has 0 saturated carbocycles. The molecule has 2 heterocycles. The van der Waals surface area contributed by atoms with E-state index >= 15 is 0 Å². The Balaban J connectivity index is 1.29. The molecule has 4 rings (SSSR count). The maximum Gasteiger partial charge on any atom is 0.251 e. The molecule has 180 valence electrons. The largest absolute Gasteiger partial charge is 0.497 e. The van der Waals surface area contributed by atoms with Crippen LogP contribution >= 0.6 is 0 Å². The molecule has 2 aromatic carbocycles. The van der Waals surface area contributed by atoms with Crippen LogP contribution in [0.2, 0.25) is 0 Å². The van der Waals surface area contributed by atoms with Gasteiger partial charge in [-0.1, -0.05) is 37.6 Å². The summed E-state index contributed by atoms with van der Waals surface area (Å²) in [7, 11) is 1.61. The molecule has 0 spiro atoms. The highest BCUT2D eigenvalue weighted by atomic mass is 16.5. The Morgan fingerprint density at radius 2 is 1.97 bits per heavy atom. The van der Waals surface area contributed by atoms with Gasteiger partial charge in [0.1, 0.15) is 24.1 Å². The fourth-order valence-corrected chi connectivity index (χ4v) is 4.11. The molecule has 1 saturated heterocycles. The van der Waals surface area contributed by atoms with Gasteiger partial charge in [0, 0.05) is 18.9 Å². The third-order valence-corrected chi connectivity index (χ3v) is 6.06. The number of ether oxygens (including phenoxy) is 2. The highest BCUT2D eigenvalue weighted by Crippen LogP contribution is 2.31. The van der Waals surface area contributed by atoms with Crippen molar-refractivity contribution in [1.82, 2.24) is 20.7 Å². The number of amides is 2. The van der Waals surface area contributed by atoms with Crippen molar-refractivity contribution in [3.05, 3.63) is 72.1 Å². The molecule has 2 aromatic rings. The highest BCUT2D eigenvalue weighted by Gasteiger charge is 2.40. The molecule has 1 fully saturated rings. The van der Waals surface area contributed by atoms with Crippen LogP contribution in [0, 0.1) is 0 Å². The number of carbonyl (C=O) groups excluding carboxylic acids is 2. The number of rotatable bonds is 10. The van der Waals surface area contributed by atoms with Gasteiger partial charge in [-0.15, -0.1) is 0 Å². The summed E-state index contributed by atoms with van der Waals surface area (Å²) in [5.41, 5.74) is 5.42. The zero-order valence-electron chi connectivity index (χ0n) is 19.7. The van der Waals surface area contributed by atoms with Gasteiger partial charge in [-0.2, -0.15) is 0 Å². The fraction of sp³-hybridized carbons (Fsp3) is 0.385. The average molecular weight is 465 g/mol. The molecule has 0 aliphatic carbocycles. The molecule has 8 nitrogen and oxygen atoms in total. The van der Waals surface area contributed by atoms with Gasteiger partial charge >= 0.3 is 0 Å². The number of hydrogen-bond donors (Lipinski definition) is 2. The molecule has 2 atom stereocenters. The lowest BCUT2D eigenvalue weighted by molar-refractivity contribution is -0.138. The van der Waals surface area contributed by atoms with Gasteiger partial charge in [0.15, 0.2) is 0 Å². The van der Waals surface area contributed by atoms with E-state index in [0.29, 0.717) is 13.0 Å². The van der Waals surface area contributed by atoms with Crippen LogP contribution in [-0.4, -0.2) is 48.0 Å². The molecule has 2 unspecified atom stereocenters. The lowest BCUT2D eigenvalue weighted by atomic mass is 10.0.